The van der Waals surface area contributed by atoms with E-state index in [4.69, 9.17) is 0 Å². The summed E-state index contributed by atoms with van der Waals surface area (Å²) < 4.78 is 1.56. The third-order valence-electron chi connectivity index (χ3n) is 3.01. The number of aromatic nitrogens is 2. The van der Waals surface area contributed by atoms with Gasteiger partial charge in [0.15, 0.2) is 0 Å². The molecule has 0 atom stereocenters. The van der Waals surface area contributed by atoms with E-state index in [9.17, 15) is 9.90 Å². The van der Waals surface area contributed by atoms with Crippen LogP contribution in [0.3, 0.4) is 0 Å². The summed E-state index contributed by atoms with van der Waals surface area (Å²) >= 11 is 0. The molecule has 0 aromatic carbocycles. The van der Waals surface area contributed by atoms with Crippen molar-refractivity contribution in [3.63, 3.8) is 0 Å². The van der Waals surface area contributed by atoms with Gasteiger partial charge in [0, 0.05) is 18.9 Å². The topological polar surface area (TPSA) is 67.2 Å². The van der Waals surface area contributed by atoms with Crippen molar-refractivity contribution in [3.05, 3.63) is 18.5 Å². The minimum absolute atomic E-state index is 0.107. The second kappa shape index (κ2) is 4.65. The number of amides is 1. The molecule has 1 aliphatic rings. The first kappa shape index (κ1) is 11.1. The lowest BCUT2D eigenvalue weighted by Gasteiger charge is -2.22. The van der Waals surface area contributed by atoms with Gasteiger partial charge >= 0.3 is 0 Å². The molecule has 1 amide bonds. The molecule has 1 saturated carbocycles. The Bertz CT molecular complexity index is 342. The van der Waals surface area contributed by atoms with Crippen LogP contribution in [-0.2, 0) is 11.3 Å². The van der Waals surface area contributed by atoms with E-state index in [1.54, 1.807) is 23.1 Å². The number of rotatable bonds is 4. The quantitative estimate of drug-likeness (QED) is 0.771. The number of nitrogens with zero attached hydrogens (tertiary/aromatic N) is 2. The van der Waals surface area contributed by atoms with E-state index >= 15 is 0 Å². The number of hydrogen-bond acceptors (Lipinski definition) is 3. The highest BCUT2D eigenvalue weighted by atomic mass is 16.3. The first-order chi connectivity index (χ1) is 7.68. The summed E-state index contributed by atoms with van der Waals surface area (Å²) in [5.74, 6) is -0.107. The van der Waals surface area contributed by atoms with Gasteiger partial charge in [-0.15, -0.1) is 0 Å². The highest BCUT2D eigenvalue weighted by molar-refractivity contribution is 5.75. The highest BCUT2D eigenvalue weighted by Gasteiger charge is 2.31. The number of aliphatic hydroxyl groups is 1. The Balaban J connectivity index is 1.75. The number of hydrogen-bond donors (Lipinski definition) is 2. The smallest absolute Gasteiger partial charge is 0.241 e. The van der Waals surface area contributed by atoms with Gasteiger partial charge < -0.3 is 10.4 Å². The van der Waals surface area contributed by atoms with Gasteiger partial charge in [0.2, 0.25) is 5.91 Å². The molecule has 5 heteroatoms. The Labute approximate surface area is 94.5 Å². The van der Waals surface area contributed by atoms with Crippen molar-refractivity contribution in [1.82, 2.24) is 15.1 Å². The van der Waals surface area contributed by atoms with Gasteiger partial charge in [-0.1, -0.05) is 12.8 Å². The van der Waals surface area contributed by atoms with Crippen LogP contribution < -0.4 is 5.32 Å². The van der Waals surface area contributed by atoms with E-state index in [0.29, 0.717) is 6.54 Å². The first-order valence-electron chi connectivity index (χ1n) is 5.64. The van der Waals surface area contributed by atoms with Gasteiger partial charge in [0.05, 0.1) is 5.60 Å². The number of nitrogens with one attached hydrogen (secondary N) is 1. The summed E-state index contributed by atoms with van der Waals surface area (Å²) in [4.78, 5) is 11.5. The average molecular weight is 223 g/mol. The lowest BCUT2D eigenvalue weighted by atomic mass is 10.0. The summed E-state index contributed by atoms with van der Waals surface area (Å²) in [6.07, 6.45) is 7.04. The molecule has 0 spiro atoms. The van der Waals surface area contributed by atoms with Crippen molar-refractivity contribution >= 4 is 5.91 Å². The maximum atomic E-state index is 11.5. The normalized spacial score (nSPS) is 18.6. The van der Waals surface area contributed by atoms with Crippen LogP contribution in [0, 0.1) is 0 Å². The predicted molar refractivity (Wildman–Crippen MR) is 58.7 cm³/mol. The fourth-order valence-corrected chi connectivity index (χ4v) is 2.07. The van der Waals surface area contributed by atoms with Crippen LogP contribution in [0.4, 0.5) is 0 Å². The summed E-state index contributed by atoms with van der Waals surface area (Å²) in [5.41, 5.74) is -0.681. The molecule has 0 unspecified atom stereocenters. The lowest BCUT2D eigenvalue weighted by Crippen LogP contribution is -2.41. The van der Waals surface area contributed by atoms with Crippen LogP contribution in [0.25, 0.3) is 0 Å². The van der Waals surface area contributed by atoms with E-state index < -0.39 is 5.60 Å². The molecule has 16 heavy (non-hydrogen) atoms. The lowest BCUT2D eigenvalue weighted by molar-refractivity contribution is -0.123. The van der Waals surface area contributed by atoms with Crippen molar-refractivity contribution in [1.29, 1.82) is 0 Å². The van der Waals surface area contributed by atoms with E-state index in [0.717, 1.165) is 25.7 Å². The van der Waals surface area contributed by atoms with Gasteiger partial charge in [-0.05, 0) is 18.9 Å². The van der Waals surface area contributed by atoms with Crippen molar-refractivity contribution < 1.29 is 9.90 Å². The third-order valence-corrected chi connectivity index (χ3v) is 3.01. The van der Waals surface area contributed by atoms with E-state index in [1.807, 2.05) is 0 Å². The third kappa shape index (κ3) is 2.82. The van der Waals surface area contributed by atoms with Crippen LogP contribution in [0.2, 0.25) is 0 Å². The fraction of sp³-hybridized carbons (Fsp3) is 0.636. The molecule has 2 rings (SSSR count). The van der Waals surface area contributed by atoms with Crippen LogP contribution in [0.15, 0.2) is 18.5 Å². The molecule has 0 bridgehead atoms. The predicted octanol–water partition coefficient (Wildman–Crippen LogP) is 0.304. The Morgan fingerprint density at radius 1 is 1.50 bits per heavy atom. The molecule has 1 aliphatic carbocycles. The van der Waals surface area contributed by atoms with Crippen LogP contribution in [0.5, 0.6) is 0 Å². The summed E-state index contributed by atoms with van der Waals surface area (Å²) in [7, 11) is 0. The molecule has 1 aromatic heterocycles. The molecule has 1 heterocycles. The van der Waals surface area contributed by atoms with Crippen molar-refractivity contribution in [3.8, 4) is 0 Å². The summed E-state index contributed by atoms with van der Waals surface area (Å²) in [5, 5.41) is 16.7. The minimum atomic E-state index is -0.681. The van der Waals surface area contributed by atoms with E-state index in [2.05, 4.69) is 10.4 Å². The molecule has 0 aliphatic heterocycles. The van der Waals surface area contributed by atoms with Crippen molar-refractivity contribution in [2.45, 2.75) is 37.8 Å². The van der Waals surface area contributed by atoms with Gasteiger partial charge in [-0.25, -0.2) is 0 Å². The van der Waals surface area contributed by atoms with E-state index in [1.165, 1.54) is 0 Å². The Kier molecular flexibility index (Phi) is 3.24. The monoisotopic (exact) mass is 223 g/mol. The number of carbonyl (C=O) groups is 1. The largest absolute Gasteiger partial charge is 0.388 e. The van der Waals surface area contributed by atoms with Crippen LogP contribution in [0.1, 0.15) is 25.7 Å². The van der Waals surface area contributed by atoms with Crippen molar-refractivity contribution in [2.24, 2.45) is 0 Å². The van der Waals surface area contributed by atoms with Gasteiger partial charge in [0.25, 0.3) is 0 Å². The molecule has 0 saturated heterocycles. The zero-order valence-electron chi connectivity index (χ0n) is 9.22. The molecule has 88 valence electrons. The molecular weight excluding hydrogens is 206 g/mol. The Morgan fingerprint density at radius 2 is 2.25 bits per heavy atom. The summed E-state index contributed by atoms with van der Waals surface area (Å²) in [6.45, 7) is 0.566. The molecule has 0 radical (unpaired) electrons. The minimum Gasteiger partial charge on any atom is -0.388 e. The van der Waals surface area contributed by atoms with Gasteiger partial charge in [0.1, 0.15) is 6.54 Å². The second-order valence-electron chi connectivity index (χ2n) is 4.41. The van der Waals surface area contributed by atoms with E-state index in [-0.39, 0.29) is 12.5 Å². The zero-order valence-corrected chi connectivity index (χ0v) is 9.22. The number of carbonyl (C=O) groups excluding carboxylic acids is 1. The van der Waals surface area contributed by atoms with Crippen molar-refractivity contribution in [2.75, 3.05) is 6.54 Å². The molecular formula is C11H17N3O2. The average Bonchev–Trinajstić information content (AvgIpc) is 2.88. The molecule has 1 fully saturated rings. The Hall–Kier alpha value is -1.36. The Morgan fingerprint density at radius 3 is 2.88 bits per heavy atom. The first-order valence-corrected chi connectivity index (χ1v) is 5.64. The maximum Gasteiger partial charge on any atom is 0.241 e. The highest BCUT2D eigenvalue weighted by Crippen LogP contribution is 2.28. The second-order valence-corrected chi connectivity index (χ2v) is 4.41. The standard InChI is InChI=1S/C11H17N3O2/c15-10(8-14-7-3-6-13-14)12-9-11(16)4-1-2-5-11/h3,6-7,16H,1-2,4-5,8-9H2,(H,12,15). The molecule has 2 N–H and O–H groups in total. The fourth-order valence-electron chi connectivity index (χ4n) is 2.07. The van der Waals surface area contributed by atoms with Crippen LogP contribution >= 0.6 is 0 Å². The van der Waals surface area contributed by atoms with Gasteiger partial charge in [-0.3, -0.25) is 9.48 Å². The molecule has 1 aromatic rings. The SMILES string of the molecule is O=C(Cn1cccn1)NCC1(O)CCCC1. The summed E-state index contributed by atoms with van der Waals surface area (Å²) in [6, 6.07) is 1.78. The van der Waals surface area contributed by atoms with Crippen LogP contribution in [-0.4, -0.2) is 32.9 Å². The zero-order chi connectivity index (χ0) is 11.4. The van der Waals surface area contributed by atoms with Gasteiger partial charge in [-0.2, -0.15) is 5.10 Å². The molecule has 5 nitrogen and oxygen atoms in total. The maximum absolute atomic E-state index is 11.5.